The first-order valence-electron chi connectivity index (χ1n) is 5.64. The van der Waals surface area contributed by atoms with Crippen molar-refractivity contribution in [1.82, 2.24) is 0 Å². The van der Waals surface area contributed by atoms with Crippen molar-refractivity contribution in [3.8, 4) is 16.9 Å². The van der Waals surface area contributed by atoms with Crippen LogP contribution in [0.4, 0.5) is 5.00 Å². The molecule has 0 saturated heterocycles. The fourth-order valence-electron chi connectivity index (χ4n) is 1.80. The molecule has 0 aliphatic carbocycles. The van der Waals surface area contributed by atoms with Gasteiger partial charge in [-0.05, 0) is 29.2 Å². The van der Waals surface area contributed by atoms with Crippen molar-refractivity contribution in [2.24, 2.45) is 0 Å². The molecule has 3 heteroatoms. The van der Waals surface area contributed by atoms with E-state index in [1.165, 1.54) is 5.56 Å². The number of thiophene rings is 1. The van der Waals surface area contributed by atoms with Gasteiger partial charge in [0.15, 0.2) is 0 Å². The van der Waals surface area contributed by atoms with E-state index in [-0.39, 0.29) is 0 Å². The summed E-state index contributed by atoms with van der Waals surface area (Å²) >= 11 is 1.55. The van der Waals surface area contributed by atoms with E-state index in [9.17, 15) is 0 Å². The number of nitrogen functional groups attached to an aromatic ring is 1. The summed E-state index contributed by atoms with van der Waals surface area (Å²) < 4.78 is 5.46. The zero-order valence-electron chi connectivity index (χ0n) is 10.4. The lowest BCUT2D eigenvalue weighted by Gasteiger charge is -2.11. The van der Waals surface area contributed by atoms with Crippen LogP contribution >= 0.6 is 11.3 Å². The predicted octanol–water partition coefficient (Wildman–Crippen LogP) is 4.13. The Morgan fingerprint density at radius 3 is 2.53 bits per heavy atom. The molecule has 0 saturated carbocycles. The highest BCUT2D eigenvalue weighted by Crippen LogP contribution is 2.35. The summed E-state index contributed by atoms with van der Waals surface area (Å²) in [5.41, 5.74) is 9.28. The minimum Gasteiger partial charge on any atom is -0.496 e. The summed E-state index contributed by atoms with van der Waals surface area (Å²) in [5.74, 6) is 1.42. The Kier molecular flexibility index (Phi) is 3.38. The predicted molar refractivity (Wildman–Crippen MR) is 74.8 cm³/mol. The lowest BCUT2D eigenvalue weighted by atomic mass is 9.99. The summed E-state index contributed by atoms with van der Waals surface area (Å²) in [7, 11) is 1.71. The zero-order valence-corrected chi connectivity index (χ0v) is 11.2. The fraction of sp³-hybridized carbons (Fsp3) is 0.286. The third kappa shape index (κ3) is 2.44. The van der Waals surface area contributed by atoms with Gasteiger partial charge in [0.1, 0.15) is 5.75 Å². The van der Waals surface area contributed by atoms with Crippen LogP contribution < -0.4 is 10.5 Å². The molecule has 17 heavy (non-hydrogen) atoms. The van der Waals surface area contributed by atoms with E-state index in [0.717, 1.165) is 21.9 Å². The van der Waals surface area contributed by atoms with Gasteiger partial charge in [0, 0.05) is 10.9 Å². The van der Waals surface area contributed by atoms with Crippen LogP contribution in [0.2, 0.25) is 0 Å². The number of ether oxygens (including phenoxy) is 1. The third-order valence-electron chi connectivity index (χ3n) is 2.82. The highest BCUT2D eigenvalue weighted by atomic mass is 32.1. The molecular formula is C14H17NOS. The molecule has 1 heterocycles. The Morgan fingerprint density at radius 1 is 1.24 bits per heavy atom. The minimum absolute atomic E-state index is 0.505. The van der Waals surface area contributed by atoms with E-state index in [4.69, 9.17) is 10.5 Å². The standard InChI is InChI=1S/C14H17NOS/c1-9(2)10-4-5-12(13(6-10)16-3)11-7-14(15)17-8-11/h4-9H,15H2,1-3H3. The molecule has 0 bridgehead atoms. The number of hydrogen-bond acceptors (Lipinski definition) is 3. The second-order valence-electron chi connectivity index (χ2n) is 4.35. The smallest absolute Gasteiger partial charge is 0.126 e. The summed E-state index contributed by atoms with van der Waals surface area (Å²) in [4.78, 5) is 0. The molecule has 1 aromatic carbocycles. The lowest BCUT2D eigenvalue weighted by molar-refractivity contribution is 0.415. The Balaban J connectivity index is 2.48. The van der Waals surface area contributed by atoms with Gasteiger partial charge in [-0.1, -0.05) is 26.0 Å². The van der Waals surface area contributed by atoms with Gasteiger partial charge in [0.2, 0.25) is 0 Å². The first kappa shape index (κ1) is 12.0. The average molecular weight is 247 g/mol. The molecule has 2 nitrogen and oxygen atoms in total. The molecule has 0 aliphatic rings. The Bertz CT molecular complexity index is 517. The SMILES string of the molecule is COc1cc(C(C)C)ccc1-c1csc(N)c1. The average Bonchev–Trinajstić information content (AvgIpc) is 2.74. The molecular weight excluding hydrogens is 230 g/mol. The van der Waals surface area contributed by atoms with Gasteiger partial charge in [-0.3, -0.25) is 0 Å². The van der Waals surface area contributed by atoms with Gasteiger partial charge in [-0.25, -0.2) is 0 Å². The summed E-state index contributed by atoms with van der Waals surface area (Å²) in [6, 6.07) is 8.34. The van der Waals surface area contributed by atoms with Crippen molar-refractivity contribution in [2.45, 2.75) is 19.8 Å². The number of nitrogens with two attached hydrogens (primary N) is 1. The first-order valence-corrected chi connectivity index (χ1v) is 6.52. The molecule has 2 N–H and O–H groups in total. The highest BCUT2D eigenvalue weighted by Gasteiger charge is 2.09. The number of benzene rings is 1. The zero-order chi connectivity index (χ0) is 12.4. The maximum atomic E-state index is 5.76. The fourth-order valence-corrected chi connectivity index (χ4v) is 2.45. The van der Waals surface area contributed by atoms with Gasteiger partial charge in [-0.15, -0.1) is 11.3 Å². The number of methoxy groups -OCH3 is 1. The Morgan fingerprint density at radius 2 is 2.00 bits per heavy atom. The number of hydrogen-bond donors (Lipinski definition) is 1. The van der Waals surface area contributed by atoms with Gasteiger partial charge >= 0.3 is 0 Å². The van der Waals surface area contributed by atoms with Crippen molar-refractivity contribution in [2.75, 3.05) is 12.8 Å². The Hall–Kier alpha value is -1.48. The molecule has 90 valence electrons. The second-order valence-corrected chi connectivity index (χ2v) is 5.29. The molecule has 0 amide bonds. The van der Waals surface area contributed by atoms with Crippen LogP contribution in [-0.4, -0.2) is 7.11 Å². The molecule has 2 rings (SSSR count). The van der Waals surface area contributed by atoms with Crippen LogP contribution in [0.3, 0.4) is 0 Å². The quantitative estimate of drug-likeness (QED) is 0.885. The molecule has 0 fully saturated rings. The summed E-state index contributed by atoms with van der Waals surface area (Å²) in [6.45, 7) is 4.36. The van der Waals surface area contributed by atoms with E-state index in [1.54, 1.807) is 18.4 Å². The summed E-state index contributed by atoms with van der Waals surface area (Å²) in [5, 5.41) is 2.89. The van der Waals surface area contributed by atoms with Crippen LogP contribution in [0, 0.1) is 0 Å². The van der Waals surface area contributed by atoms with Crippen LogP contribution in [0.15, 0.2) is 29.6 Å². The molecule has 0 radical (unpaired) electrons. The minimum atomic E-state index is 0.505. The van der Waals surface area contributed by atoms with Gasteiger partial charge in [-0.2, -0.15) is 0 Å². The normalized spacial score (nSPS) is 10.8. The molecule has 0 aliphatic heterocycles. The highest BCUT2D eigenvalue weighted by molar-refractivity contribution is 7.14. The van der Waals surface area contributed by atoms with Crippen LogP contribution in [0.25, 0.3) is 11.1 Å². The second kappa shape index (κ2) is 4.80. The van der Waals surface area contributed by atoms with Crippen molar-refractivity contribution in [3.05, 3.63) is 35.2 Å². The topological polar surface area (TPSA) is 35.2 Å². The number of anilines is 1. The molecule has 0 unspecified atom stereocenters. The van der Waals surface area contributed by atoms with Crippen molar-refractivity contribution in [3.63, 3.8) is 0 Å². The van der Waals surface area contributed by atoms with Crippen molar-refractivity contribution >= 4 is 16.3 Å². The van der Waals surface area contributed by atoms with E-state index < -0.39 is 0 Å². The van der Waals surface area contributed by atoms with Gasteiger partial charge in [0.25, 0.3) is 0 Å². The molecule has 0 spiro atoms. The van der Waals surface area contributed by atoms with E-state index in [2.05, 4.69) is 37.4 Å². The van der Waals surface area contributed by atoms with Crippen molar-refractivity contribution < 1.29 is 4.74 Å². The van der Waals surface area contributed by atoms with Crippen LogP contribution in [0.5, 0.6) is 5.75 Å². The van der Waals surface area contributed by atoms with E-state index in [0.29, 0.717) is 5.92 Å². The lowest BCUT2D eigenvalue weighted by Crippen LogP contribution is -1.92. The monoisotopic (exact) mass is 247 g/mol. The van der Waals surface area contributed by atoms with Crippen LogP contribution in [-0.2, 0) is 0 Å². The van der Waals surface area contributed by atoms with Gasteiger partial charge in [0.05, 0.1) is 12.1 Å². The maximum Gasteiger partial charge on any atom is 0.126 e. The Labute approximate surface area is 106 Å². The van der Waals surface area contributed by atoms with Crippen LogP contribution in [0.1, 0.15) is 25.3 Å². The van der Waals surface area contributed by atoms with E-state index >= 15 is 0 Å². The van der Waals surface area contributed by atoms with E-state index in [1.807, 2.05) is 6.07 Å². The molecule has 1 aromatic heterocycles. The van der Waals surface area contributed by atoms with Gasteiger partial charge < -0.3 is 10.5 Å². The maximum absolute atomic E-state index is 5.76. The number of rotatable bonds is 3. The first-order chi connectivity index (χ1) is 8.11. The summed E-state index contributed by atoms with van der Waals surface area (Å²) in [6.07, 6.45) is 0. The molecule has 2 aromatic rings. The largest absolute Gasteiger partial charge is 0.496 e. The third-order valence-corrected chi connectivity index (χ3v) is 3.58. The van der Waals surface area contributed by atoms with Crippen molar-refractivity contribution in [1.29, 1.82) is 0 Å². The molecule has 0 atom stereocenters.